The highest BCUT2D eigenvalue weighted by molar-refractivity contribution is 4.69. The Labute approximate surface area is 72.4 Å². The lowest BCUT2D eigenvalue weighted by Crippen LogP contribution is -1.66. The maximum absolute atomic E-state index is 2.26. The van der Waals surface area contributed by atoms with Crippen molar-refractivity contribution in [3.63, 3.8) is 0 Å². The molecule has 0 heterocycles. The molecule has 0 aliphatic heterocycles. The van der Waals surface area contributed by atoms with E-state index in [0.717, 1.165) is 5.92 Å². The Morgan fingerprint density at radius 2 is 1.36 bits per heavy atom. The average Bonchev–Trinajstić information content (AvgIpc) is 2.84. The van der Waals surface area contributed by atoms with Crippen LogP contribution in [-0.4, -0.2) is 0 Å². The first-order chi connectivity index (χ1) is 5.35. The smallest absolute Gasteiger partial charge is 0.0417 e. The van der Waals surface area contributed by atoms with Gasteiger partial charge in [-0.15, -0.1) is 0 Å². The first kappa shape index (κ1) is 11.0. The lowest BCUT2D eigenvalue weighted by molar-refractivity contribution is 0.702. The predicted octanol–water partition coefficient (Wildman–Crippen LogP) is 4.39. The van der Waals surface area contributed by atoms with E-state index in [2.05, 4.69) is 20.8 Å². The summed E-state index contributed by atoms with van der Waals surface area (Å²) in [6.07, 6.45) is 9.97. The van der Waals surface area contributed by atoms with Crippen LogP contribution in [0.5, 0.6) is 0 Å². The fourth-order valence-electron chi connectivity index (χ4n) is 1.03. The van der Waals surface area contributed by atoms with Crippen molar-refractivity contribution < 1.29 is 0 Å². The summed E-state index contributed by atoms with van der Waals surface area (Å²) >= 11 is 0. The van der Waals surface area contributed by atoms with Crippen LogP contribution in [0.4, 0.5) is 0 Å². The Hall–Kier alpha value is 0. The van der Waals surface area contributed by atoms with E-state index < -0.39 is 0 Å². The van der Waals surface area contributed by atoms with E-state index in [1.54, 1.807) is 0 Å². The molecule has 0 saturated heterocycles. The van der Waals surface area contributed by atoms with Crippen LogP contribution in [0.3, 0.4) is 0 Å². The first-order valence-corrected chi connectivity index (χ1v) is 5.35. The molecule has 1 fully saturated rings. The van der Waals surface area contributed by atoms with Gasteiger partial charge in [0.1, 0.15) is 0 Å². The summed E-state index contributed by atoms with van der Waals surface area (Å²) in [5.74, 6) is 1.13. The quantitative estimate of drug-likeness (QED) is 0.529. The van der Waals surface area contributed by atoms with E-state index in [1.807, 2.05) is 0 Å². The van der Waals surface area contributed by atoms with Gasteiger partial charge in [0.25, 0.3) is 0 Å². The minimum Gasteiger partial charge on any atom is -0.0654 e. The molecular formula is C11H24. The van der Waals surface area contributed by atoms with Crippen LogP contribution in [0.2, 0.25) is 0 Å². The third-order valence-corrected chi connectivity index (χ3v) is 2.23. The molecule has 0 aromatic rings. The van der Waals surface area contributed by atoms with Crippen LogP contribution in [0.25, 0.3) is 0 Å². The van der Waals surface area contributed by atoms with Crippen molar-refractivity contribution >= 4 is 0 Å². The first-order valence-electron chi connectivity index (χ1n) is 5.35. The van der Waals surface area contributed by atoms with Crippen LogP contribution in [0, 0.1) is 5.92 Å². The van der Waals surface area contributed by atoms with Crippen molar-refractivity contribution in [2.24, 2.45) is 5.92 Å². The fourth-order valence-corrected chi connectivity index (χ4v) is 1.03. The maximum Gasteiger partial charge on any atom is -0.0417 e. The van der Waals surface area contributed by atoms with E-state index in [9.17, 15) is 0 Å². The largest absolute Gasteiger partial charge is 0.0654 e. The fraction of sp³-hybridized carbons (Fsp3) is 1.00. The van der Waals surface area contributed by atoms with E-state index in [1.165, 1.54) is 44.9 Å². The van der Waals surface area contributed by atoms with Gasteiger partial charge < -0.3 is 0 Å². The number of hydrogen-bond acceptors (Lipinski definition) is 0. The van der Waals surface area contributed by atoms with Crippen LogP contribution in [-0.2, 0) is 0 Å². The molecule has 1 saturated carbocycles. The Morgan fingerprint density at radius 1 is 0.909 bits per heavy atom. The van der Waals surface area contributed by atoms with Crippen molar-refractivity contribution in [2.45, 2.75) is 65.7 Å². The molecule has 11 heavy (non-hydrogen) atoms. The average molecular weight is 156 g/mol. The van der Waals surface area contributed by atoms with Crippen molar-refractivity contribution in [1.29, 1.82) is 0 Å². The molecule has 0 bridgehead atoms. The number of rotatable bonds is 4. The van der Waals surface area contributed by atoms with Gasteiger partial charge in [0.05, 0.1) is 0 Å². The summed E-state index contributed by atoms with van der Waals surface area (Å²) in [6, 6.07) is 0. The molecule has 0 heteroatoms. The second-order valence-electron chi connectivity index (χ2n) is 3.56. The third kappa shape index (κ3) is 10.0. The summed E-state index contributed by atoms with van der Waals surface area (Å²) in [7, 11) is 0. The lowest BCUT2D eigenvalue weighted by atomic mass is 10.2. The van der Waals surface area contributed by atoms with Crippen molar-refractivity contribution in [1.82, 2.24) is 0 Å². The maximum atomic E-state index is 2.26. The molecular weight excluding hydrogens is 132 g/mol. The summed E-state index contributed by atoms with van der Waals surface area (Å²) in [5, 5.41) is 0. The van der Waals surface area contributed by atoms with Gasteiger partial charge in [-0.25, -0.2) is 0 Å². The van der Waals surface area contributed by atoms with Crippen LogP contribution >= 0.6 is 0 Å². The molecule has 0 N–H and O–H groups in total. The Bertz CT molecular complexity index is 58.4. The van der Waals surface area contributed by atoms with Gasteiger partial charge in [-0.2, -0.15) is 0 Å². The molecule has 0 atom stereocenters. The Kier molecular flexibility index (Phi) is 8.10. The van der Waals surface area contributed by atoms with Crippen molar-refractivity contribution in [3.05, 3.63) is 0 Å². The van der Waals surface area contributed by atoms with Gasteiger partial charge in [0, 0.05) is 0 Å². The van der Waals surface area contributed by atoms with E-state index >= 15 is 0 Å². The molecule has 0 radical (unpaired) electrons. The summed E-state index contributed by atoms with van der Waals surface area (Å²) in [4.78, 5) is 0. The zero-order valence-electron chi connectivity index (χ0n) is 8.53. The molecule has 0 unspecified atom stereocenters. The van der Waals surface area contributed by atoms with Gasteiger partial charge in [0.2, 0.25) is 0 Å². The molecule has 68 valence electrons. The van der Waals surface area contributed by atoms with E-state index in [-0.39, 0.29) is 0 Å². The minimum atomic E-state index is 1.13. The van der Waals surface area contributed by atoms with Crippen LogP contribution in [0.15, 0.2) is 0 Å². The van der Waals surface area contributed by atoms with E-state index in [0.29, 0.717) is 0 Å². The molecule has 0 aromatic heterocycles. The topological polar surface area (TPSA) is 0 Å². The molecule has 1 aliphatic rings. The molecule has 1 aliphatic carbocycles. The monoisotopic (exact) mass is 156 g/mol. The second-order valence-corrected chi connectivity index (χ2v) is 3.56. The Morgan fingerprint density at radius 3 is 1.45 bits per heavy atom. The van der Waals surface area contributed by atoms with Crippen LogP contribution in [0.1, 0.15) is 65.7 Å². The second kappa shape index (κ2) is 8.10. The highest BCUT2D eigenvalue weighted by atomic mass is 14.2. The number of hydrogen-bond donors (Lipinski definition) is 0. The van der Waals surface area contributed by atoms with Gasteiger partial charge in [-0.05, 0) is 5.92 Å². The zero-order valence-corrected chi connectivity index (χ0v) is 8.53. The van der Waals surface area contributed by atoms with Crippen LogP contribution < -0.4 is 0 Å². The highest BCUT2D eigenvalue weighted by Crippen LogP contribution is 2.31. The summed E-state index contributed by atoms with van der Waals surface area (Å²) in [6.45, 7) is 6.73. The molecule has 0 aromatic carbocycles. The highest BCUT2D eigenvalue weighted by Gasteiger charge is 2.17. The van der Waals surface area contributed by atoms with Gasteiger partial charge in [0.15, 0.2) is 0 Å². The number of unbranched alkanes of at least 4 members (excludes halogenated alkanes) is 3. The molecule has 0 amide bonds. The van der Waals surface area contributed by atoms with Gasteiger partial charge >= 0.3 is 0 Å². The normalized spacial score (nSPS) is 15.5. The molecule has 0 spiro atoms. The van der Waals surface area contributed by atoms with Crippen molar-refractivity contribution in [2.75, 3.05) is 0 Å². The third-order valence-electron chi connectivity index (χ3n) is 2.23. The standard InChI is InChI=1S/C6H14.C5H10/c1-3-5-6-4-2;1-2-5-3-4-5/h3-6H2,1-2H3;5H,2-4H2,1H3. The minimum absolute atomic E-state index is 1.13. The van der Waals surface area contributed by atoms with Gasteiger partial charge in [-0.1, -0.05) is 65.7 Å². The molecule has 0 nitrogen and oxygen atoms in total. The predicted molar refractivity (Wildman–Crippen MR) is 52.8 cm³/mol. The summed E-state index contributed by atoms with van der Waals surface area (Å²) in [5.41, 5.74) is 0. The van der Waals surface area contributed by atoms with E-state index in [4.69, 9.17) is 0 Å². The Balaban J connectivity index is 0.000000183. The zero-order chi connectivity index (χ0) is 8.53. The summed E-state index contributed by atoms with van der Waals surface area (Å²) < 4.78 is 0. The SMILES string of the molecule is CCC1CC1.CCCCCC. The molecule has 1 rings (SSSR count). The lowest BCUT2D eigenvalue weighted by Gasteiger charge is -1.86. The van der Waals surface area contributed by atoms with Crippen molar-refractivity contribution in [3.8, 4) is 0 Å². The van der Waals surface area contributed by atoms with Gasteiger partial charge in [-0.3, -0.25) is 0 Å².